The number of rotatable bonds is 13. The standard InChI is InChI=1S/C30H48O3S2/c1-27(2,21-31)15-9-11-22-17-28(3,4)19-24(34-22)13-14-25-20-29(5,6)18-23(35-25)12-10-16-30(7,8)26(32)33/h17-20,31H,9-16,21H2,1-8H3,(H,32,33). The summed E-state index contributed by atoms with van der Waals surface area (Å²) in [6.07, 6.45) is 17.5. The van der Waals surface area contributed by atoms with Gasteiger partial charge in [-0.3, -0.25) is 4.79 Å². The number of allylic oxidation sites excluding steroid dienone is 8. The number of carbonyl (C=O) groups is 1. The summed E-state index contributed by atoms with van der Waals surface area (Å²) in [6, 6.07) is 0. The fourth-order valence-electron chi connectivity index (χ4n) is 4.57. The predicted molar refractivity (Wildman–Crippen MR) is 154 cm³/mol. The Balaban J connectivity index is 1.92. The summed E-state index contributed by atoms with van der Waals surface area (Å²) in [5.74, 6) is -0.713. The maximum Gasteiger partial charge on any atom is 0.309 e. The highest BCUT2D eigenvalue weighted by Crippen LogP contribution is 2.47. The summed E-state index contributed by atoms with van der Waals surface area (Å²) in [4.78, 5) is 17.2. The molecule has 0 amide bonds. The Labute approximate surface area is 223 Å². The second kappa shape index (κ2) is 12.1. The normalized spacial score (nSPS) is 20.0. The number of hydrogen-bond donors (Lipinski definition) is 2. The minimum Gasteiger partial charge on any atom is -0.481 e. The van der Waals surface area contributed by atoms with Crippen LogP contribution in [0.25, 0.3) is 0 Å². The molecule has 0 spiro atoms. The smallest absolute Gasteiger partial charge is 0.309 e. The van der Waals surface area contributed by atoms with Crippen molar-refractivity contribution in [1.82, 2.24) is 0 Å². The van der Waals surface area contributed by atoms with Crippen LogP contribution in [0, 0.1) is 21.7 Å². The molecule has 0 aromatic heterocycles. The predicted octanol–water partition coefficient (Wildman–Crippen LogP) is 9.32. The summed E-state index contributed by atoms with van der Waals surface area (Å²) in [5.41, 5.74) is -0.543. The van der Waals surface area contributed by atoms with Gasteiger partial charge in [0.25, 0.3) is 0 Å². The van der Waals surface area contributed by atoms with Crippen LogP contribution < -0.4 is 0 Å². The van der Waals surface area contributed by atoms with Crippen LogP contribution in [-0.4, -0.2) is 22.8 Å². The zero-order valence-corrected chi connectivity index (χ0v) is 24.9. The molecule has 0 aromatic carbocycles. The highest BCUT2D eigenvalue weighted by molar-refractivity contribution is 8.07. The Morgan fingerprint density at radius 1 is 0.743 bits per heavy atom. The van der Waals surface area contributed by atoms with E-state index in [0.717, 1.165) is 44.9 Å². The molecule has 3 nitrogen and oxygen atoms in total. The van der Waals surface area contributed by atoms with Gasteiger partial charge in [-0.25, -0.2) is 0 Å². The van der Waals surface area contributed by atoms with Crippen molar-refractivity contribution >= 4 is 29.5 Å². The van der Waals surface area contributed by atoms with Gasteiger partial charge in [-0.05, 0) is 90.2 Å². The molecule has 0 unspecified atom stereocenters. The van der Waals surface area contributed by atoms with Crippen molar-refractivity contribution in [3.8, 4) is 0 Å². The number of aliphatic hydroxyl groups is 1. The van der Waals surface area contributed by atoms with Gasteiger partial charge in [0, 0.05) is 17.4 Å². The minimum absolute atomic E-state index is 0.000165. The molecule has 2 N–H and O–H groups in total. The van der Waals surface area contributed by atoms with Crippen molar-refractivity contribution in [1.29, 1.82) is 0 Å². The topological polar surface area (TPSA) is 57.5 Å². The summed E-state index contributed by atoms with van der Waals surface area (Å²) in [6.45, 7) is 17.3. The number of aliphatic carboxylic acids is 1. The molecular formula is C30H48O3S2. The van der Waals surface area contributed by atoms with Crippen LogP contribution in [-0.2, 0) is 4.79 Å². The van der Waals surface area contributed by atoms with Gasteiger partial charge >= 0.3 is 5.97 Å². The van der Waals surface area contributed by atoms with Gasteiger partial charge in [0.1, 0.15) is 0 Å². The first-order valence-electron chi connectivity index (χ1n) is 13.1. The van der Waals surface area contributed by atoms with E-state index in [9.17, 15) is 15.0 Å². The van der Waals surface area contributed by atoms with E-state index in [0.29, 0.717) is 6.42 Å². The van der Waals surface area contributed by atoms with Gasteiger partial charge < -0.3 is 10.2 Å². The van der Waals surface area contributed by atoms with E-state index in [1.54, 1.807) is 0 Å². The second-order valence-corrected chi connectivity index (χ2v) is 15.5. The average molecular weight is 521 g/mol. The third-order valence-corrected chi connectivity index (χ3v) is 9.12. The van der Waals surface area contributed by atoms with Gasteiger partial charge in [-0.1, -0.05) is 89.4 Å². The molecule has 0 bridgehead atoms. The van der Waals surface area contributed by atoms with E-state index < -0.39 is 11.4 Å². The van der Waals surface area contributed by atoms with E-state index in [1.807, 2.05) is 37.4 Å². The van der Waals surface area contributed by atoms with Gasteiger partial charge in [-0.2, -0.15) is 0 Å². The number of aliphatic hydroxyl groups excluding tert-OH is 1. The zero-order valence-electron chi connectivity index (χ0n) is 23.3. The third-order valence-electron chi connectivity index (χ3n) is 6.78. The third kappa shape index (κ3) is 10.5. The average Bonchev–Trinajstić information content (AvgIpc) is 2.70. The van der Waals surface area contributed by atoms with Crippen LogP contribution in [0.2, 0.25) is 0 Å². The maximum absolute atomic E-state index is 11.4. The second-order valence-electron chi connectivity index (χ2n) is 13.0. The molecule has 0 saturated carbocycles. The molecule has 2 aliphatic heterocycles. The van der Waals surface area contributed by atoms with Gasteiger partial charge in [0.2, 0.25) is 0 Å². The Kier molecular flexibility index (Phi) is 10.5. The number of carboxylic acid groups (broad SMARTS) is 1. The summed E-state index contributed by atoms with van der Waals surface area (Å²) in [5, 5.41) is 18.9. The summed E-state index contributed by atoms with van der Waals surface area (Å²) < 4.78 is 0. The highest BCUT2D eigenvalue weighted by atomic mass is 32.2. The first kappa shape index (κ1) is 30.3. The van der Waals surface area contributed by atoms with Crippen molar-refractivity contribution in [3.05, 3.63) is 43.9 Å². The quantitative estimate of drug-likeness (QED) is 0.253. The fraction of sp³-hybridized carbons (Fsp3) is 0.700. The largest absolute Gasteiger partial charge is 0.481 e. The molecule has 0 atom stereocenters. The summed E-state index contributed by atoms with van der Waals surface area (Å²) in [7, 11) is 0. The van der Waals surface area contributed by atoms with Crippen molar-refractivity contribution in [3.63, 3.8) is 0 Å². The molecule has 35 heavy (non-hydrogen) atoms. The lowest BCUT2D eigenvalue weighted by Gasteiger charge is -2.29. The molecule has 5 heteroatoms. The van der Waals surface area contributed by atoms with Gasteiger partial charge in [-0.15, -0.1) is 0 Å². The van der Waals surface area contributed by atoms with Crippen LogP contribution in [0.3, 0.4) is 0 Å². The maximum atomic E-state index is 11.4. The van der Waals surface area contributed by atoms with Crippen LogP contribution in [0.4, 0.5) is 0 Å². The first-order valence-corrected chi connectivity index (χ1v) is 14.7. The van der Waals surface area contributed by atoms with Gasteiger partial charge in [0.05, 0.1) is 5.41 Å². The summed E-state index contributed by atoms with van der Waals surface area (Å²) >= 11 is 3.85. The SMILES string of the molecule is CC1(C)C=C(CCCC(C)(C)CO)SC(CCC2=CC(C)(C)C=C(CCCC(C)(C)C(=O)O)S2)=C1. The molecule has 2 heterocycles. The van der Waals surface area contributed by atoms with Crippen LogP contribution in [0.1, 0.15) is 107 Å². The molecular weight excluding hydrogens is 472 g/mol. The lowest BCUT2D eigenvalue weighted by atomic mass is 9.86. The molecule has 0 aromatic rings. The van der Waals surface area contributed by atoms with Crippen LogP contribution in [0.15, 0.2) is 43.9 Å². The number of thioether (sulfide) groups is 2. The molecule has 2 aliphatic rings. The Morgan fingerprint density at radius 2 is 1.11 bits per heavy atom. The van der Waals surface area contributed by atoms with Crippen LogP contribution >= 0.6 is 23.5 Å². The highest BCUT2D eigenvalue weighted by Gasteiger charge is 2.28. The number of hydrogen-bond acceptors (Lipinski definition) is 4. The van der Waals surface area contributed by atoms with Crippen molar-refractivity contribution in [2.75, 3.05) is 6.61 Å². The lowest BCUT2D eigenvalue weighted by molar-refractivity contribution is -0.147. The molecule has 0 saturated heterocycles. The van der Waals surface area contributed by atoms with E-state index in [-0.39, 0.29) is 22.9 Å². The van der Waals surface area contributed by atoms with E-state index in [4.69, 9.17) is 0 Å². The monoisotopic (exact) mass is 520 g/mol. The molecule has 198 valence electrons. The van der Waals surface area contributed by atoms with Crippen LogP contribution in [0.5, 0.6) is 0 Å². The van der Waals surface area contributed by atoms with Gasteiger partial charge in [0.15, 0.2) is 0 Å². The Morgan fingerprint density at radius 3 is 1.49 bits per heavy atom. The van der Waals surface area contributed by atoms with E-state index in [1.165, 1.54) is 19.6 Å². The molecule has 0 aliphatic carbocycles. The first-order chi connectivity index (χ1) is 16.0. The minimum atomic E-state index is -0.713. The number of carboxylic acids is 1. The van der Waals surface area contributed by atoms with E-state index >= 15 is 0 Å². The van der Waals surface area contributed by atoms with Crippen molar-refractivity contribution < 1.29 is 15.0 Å². The van der Waals surface area contributed by atoms with Crippen molar-refractivity contribution in [2.45, 2.75) is 107 Å². The molecule has 0 radical (unpaired) electrons. The zero-order chi connectivity index (χ0) is 26.5. The lowest BCUT2D eigenvalue weighted by Crippen LogP contribution is -2.23. The molecule has 2 rings (SSSR count). The molecule has 0 fully saturated rings. The Hall–Kier alpha value is -0.910. The Bertz CT molecular complexity index is 885. The van der Waals surface area contributed by atoms with E-state index in [2.05, 4.69) is 65.8 Å². The fourth-order valence-corrected chi connectivity index (χ4v) is 7.59. The van der Waals surface area contributed by atoms with Crippen molar-refractivity contribution in [2.24, 2.45) is 21.7 Å².